The second kappa shape index (κ2) is 6.00. The van der Waals surface area contributed by atoms with Gasteiger partial charge in [0.05, 0.1) is 5.88 Å². The molecule has 0 amide bonds. The number of benzene rings is 2. The van der Waals surface area contributed by atoms with Crippen molar-refractivity contribution in [2.24, 2.45) is 0 Å². The molecule has 2 aromatic carbocycles. The van der Waals surface area contributed by atoms with Crippen molar-refractivity contribution in [2.45, 2.75) is 5.88 Å². The van der Waals surface area contributed by atoms with Gasteiger partial charge in [0.2, 0.25) is 0 Å². The Balaban J connectivity index is 1.96. The number of ether oxygens (including phenoxy) is 1. The van der Waals surface area contributed by atoms with Gasteiger partial charge in [-0.25, -0.2) is 9.37 Å². The first-order valence-electron chi connectivity index (χ1n) is 6.24. The van der Waals surface area contributed by atoms with Gasteiger partial charge in [-0.1, -0.05) is 28.1 Å². The number of aromatic nitrogens is 1. The summed E-state index contributed by atoms with van der Waals surface area (Å²) in [6.45, 7) is 0. The molecule has 2 nitrogen and oxygen atoms in total. The summed E-state index contributed by atoms with van der Waals surface area (Å²) in [5.74, 6) is 0.0205. The Kier molecular flexibility index (Phi) is 4.08. The van der Waals surface area contributed by atoms with Crippen molar-refractivity contribution < 1.29 is 9.13 Å². The number of pyridine rings is 1. The van der Waals surface area contributed by atoms with Gasteiger partial charge in [0, 0.05) is 16.2 Å². The zero-order valence-corrected chi connectivity index (χ0v) is 13.2. The van der Waals surface area contributed by atoms with Crippen LogP contribution in [-0.2, 0) is 5.88 Å². The summed E-state index contributed by atoms with van der Waals surface area (Å²) in [7, 11) is 0. The van der Waals surface area contributed by atoms with E-state index in [1.165, 1.54) is 12.3 Å². The summed E-state index contributed by atoms with van der Waals surface area (Å²) >= 11 is 9.10. The van der Waals surface area contributed by atoms with Crippen LogP contribution in [0.1, 0.15) is 5.56 Å². The van der Waals surface area contributed by atoms with Gasteiger partial charge in [-0.2, -0.15) is 0 Å². The number of alkyl halides is 1. The maximum Gasteiger partial charge on any atom is 0.256 e. The van der Waals surface area contributed by atoms with Gasteiger partial charge in [-0.3, -0.25) is 0 Å². The zero-order valence-electron chi connectivity index (χ0n) is 10.8. The van der Waals surface area contributed by atoms with Gasteiger partial charge in [-0.15, -0.1) is 11.6 Å². The minimum absolute atomic E-state index is 0.0652. The molecule has 0 fully saturated rings. The molecule has 0 aliphatic carbocycles. The molecule has 21 heavy (non-hydrogen) atoms. The smallest absolute Gasteiger partial charge is 0.256 e. The Bertz CT molecular complexity index is 809. The third-order valence-corrected chi connectivity index (χ3v) is 3.85. The van der Waals surface area contributed by atoms with E-state index in [-0.39, 0.29) is 11.8 Å². The van der Waals surface area contributed by atoms with Crippen LogP contribution in [0.25, 0.3) is 10.8 Å². The van der Waals surface area contributed by atoms with Crippen LogP contribution in [0.15, 0.2) is 53.1 Å². The second-order valence-corrected chi connectivity index (χ2v) is 5.66. The van der Waals surface area contributed by atoms with Crippen LogP contribution in [0.3, 0.4) is 0 Å². The third kappa shape index (κ3) is 3.01. The zero-order chi connectivity index (χ0) is 14.8. The molecular weight excluding hydrogens is 357 g/mol. The molecule has 0 radical (unpaired) electrons. The number of rotatable bonds is 3. The molecular formula is C16H10BrClFNO. The fourth-order valence-corrected chi connectivity index (χ4v) is 2.59. The van der Waals surface area contributed by atoms with Crippen molar-refractivity contribution in [3.63, 3.8) is 0 Å². The van der Waals surface area contributed by atoms with E-state index >= 15 is 0 Å². The number of nitrogens with zero attached hydrogens (tertiary/aromatic N) is 1. The number of halogens is 3. The number of fused-ring (bicyclic) bond motifs is 1. The van der Waals surface area contributed by atoms with E-state index in [1.807, 2.05) is 30.3 Å². The Morgan fingerprint density at radius 3 is 2.67 bits per heavy atom. The molecule has 0 spiro atoms. The molecule has 3 aromatic rings. The summed E-state index contributed by atoms with van der Waals surface area (Å²) in [5, 5.41) is 2.07. The van der Waals surface area contributed by atoms with Crippen molar-refractivity contribution in [1.29, 1.82) is 0 Å². The molecule has 1 heterocycles. The fraction of sp³-hybridized carbons (Fsp3) is 0.0625. The minimum atomic E-state index is -0.525. The largest absolute Gasteiger partial charge is 0.436 e. The molecule has 0 atom stereocenters. The Morgan fingerprint density at radius 1 is 1.10 bits per heavy atom. The first kappa shape index (κ1) is 14.3. The Labute approximate surface area is 134 Å². The van der Waals surface area contributed by atoms with Crippen LogP contribution in [0, 0.1) is 5.82 Å². The first-order valence-corrected chi connectivity index (χ1v) is 7.56. The van der Waals surface area contributed by atoms with Crippen molar-refractivity contribution in [1.82, 2.24) is 4.98 Å². The standard InChI is InChI=1S/C16H10BrClFNO/c17-13-3-1-11-8-14(4-2-10(11)7-13)21-16-15(19)12(9-18)5-6-20-16/h1-8H,9H2. The van der Waals surface area contributed by atoms with Crippen LogP contribution in [0.2, 0.25) is 0 Å². The van der Waals surface area contributed by atoms with E-state index < -0.39 is 5.82 Å². The molecule has 0 N–H and O–H groups in total. The number of hydrogen-bond donors (Lipinski definition) is 0. The van der Waals surface area contributed by atoms with Crippen LogP contribution in [-0.4, -0.2) is 4.98 Å². The normalized spacial score (nSPS) is 10.8. The van der Waals surface area contributed by atoms with Crippen molar-refractivity contribution in [3.05, 3.63) is 64.5 Å². The molecule has 0 aliphatic heterocycles. The van der Waals surface area contributed by atoms with E-state index in [0.717, 1.165) is 15.2 Å². The molecule has 0 bridgehead atoms. The van der Waals surface area contributed by atoms with Crippen molar-refractivity contribution in [2.75, 3.05) is 0 Å². The van der Waals surface area contributed by atoms with Crippen LogP contribution < -0.4 is 4.74 Å². The van der Waals surface area contributed by atoms with Gasteiger partial charge in [0.25, 0.3) is 5.88 Å². The SMILES string of the molecule is Fc1c(CCl)ccnc1Oc1ccc2cc(Br)ccc2c1. The molecule has 0 saturated carbocycles. The summed E-state index contributed by atoms with van der Waals surface area (Å²) < 4.78 is 20.6. The molecule has 0 saturated heterocycles. The number of hydrogen-bond acceptors (Lipinski definition) is 2. The average Bonchev–Trinajstić information content (AvgIpc) is 2.49. The van der Waals surface area contributed by atoms with Gasteiger partial charge >= 0.3 is 0 Å². The molecule has 106 valence electrons. The summed E-state index contributed by atoms with van der Waals surface area (Å²) in [4.78, 5) is 3.91. The van der Waals surface area contributed by atoms with E-state index in [1.54, 1.807) is 6.07 Å². The predicted molar refractivity (Wildman–Crippen MR) is 85.5 cm³/mol. The molecule has 3 rings (SSSR count). The topological polar surface area (TPSA) is 22.1 Å². The monoisotopic (exact) mass is 365 g/mol. The fourth-order valence-electron chi connectivity index (χ4n) is 2.01. The molecule has 0 aliphatic rings. The summed E-state index contributed by atoms with van der Waals surface area (Å²) in [6.07, 6.45) is 1.48. The highest BCUT2D eigenvalue weighted by Gasteiger charge is 2.11. The molecule has 5 heteroatoms. The Hall–Kier alpha value is -1.65. The lowest BCUT2D eigenvalue weighted by Gasteiger charge is -2.08. The highest BCUT2D eigenvalue weighted by Crippen LogP contribution is 2.28. The molecule has 1 aromatic heterocycles. The lowest BCUT2D eigenvalue weighted by Crippen LogP contribution is -1.95. The lowest BCUT2D eigenvalue weighted by molar-refractivity contribution is 0.420. The van der Waals surface area contributed by atoms with E-state index in [9.17, 15) is 4.39 Å². The van der Waals surface area contributed by atoms with Crippen LogP contribution >= 0.6 is 27.5 Å². The van der Waals surface area contributed by atoms with E-state index in [0.29, 0.717) is 11.3 Å². The average molecular weight is 367 g/mol. The van der Waals surface area contributed by atoms with Crippen molar-refractivity contribution in [3.8, 4) is 11.6 Å². The summed E-state index contributed by atoms with van der Waals surface area (Å²) in [5.41, 5.74) is 0.367. The van der Waals surface area contributed by atoms with Gasteiger partial charge in [0.15, 0.2) is 5.82 Å². The molecule has 0 unspecified atom stereocenters. The van der Waals surface area contributed by atoms with Crippen molar-refractivity contribution >= 4 is 38.3 Å². The second-order valence-electron chi connectivity index (χ2n) is 4.48. The van der Waals surface area contributed by atoms with Gasteiger partial charge in [0.1, 0.15) is 5.75 Å². The maximum absolute atomic E-state index is 14.0. The van der Waals surface area contributed by atoms with Crippen LogP contribution in [0.5, 0.6) is 11.6 Å². The maximum atomic E-state index is 14.0. The highest BCUT2D eigenvalue weighted by molar-refractivity contribution is 9.10. The predicted octanol–water partition coefficient (Wildman–Crippen LogP) is 5.67. The third-order valence-electron chi connectivity index (χ3n) is 3.07. The van der Waals surface area contributed by atoms with E-state index in [2.05, 4.69) is 20.9 Å². The quantitative estimate of drug-likeness (QED) is 0.557. The summed E-state index contributed by atoms with van der Waals surface area (Å²) in [6, 6.07) is 13.0. The van der Waals surface area contributed by atoms with Gasteiger partial charge < -0.3 is 4.74 Å². The Morgan fingerprint density at radius 2 is 1.86 bits per heavy atom. The van der Waals surface area contributed by atoms with E-state index in [4.69, 9.17) is 16.3 Å². The lowest BCUT2D eigenvalue weighted by atomic mass is 10.1. The minimum Gasteiger partial charge on any atom is -0.436 e. The van der Waals surface area contributed by atoms with Gasteiger partial charge in [-0.05, 0) is 41.1 Å². The highest BCUT2D eigenvalue weighted by atomic mass is 79.9. The first-order chi connectivity index (χ1) is 10.2. The van der Waals surface area contributed by atoms with Crippen LogP contribution in [0.4, 0.5) is 4.39 Å².